The van der Waals surface area contributed by atoms with Gasteiger partial charge in [0.05, 0.1) is 5.69 Å². The molecule has 1 fully saturated rings. The molecule has 0 radical (unpaired) electrons. The van der Waals surface area contributed by atoms with Crippen LogP contribution in [-0.4, -0.2) is 53.8 Å². The molecule has 34 heavy (non-hydrogen) atoms. The molecule has 0 spiro atoms. The molecule has 5 rings (SSSR count). The van der Waals surface area contributed by atoms with Gasteiger partial charge in [-0.15, -0.1) is 10.2 Å². The van der Waals surface area contributed by atoms with Crippen LogP contribution in [0, 0.1) is 13.8 Å². The zero-order valence-corrected chi connectivity index (χ0v) is 19.6. The number of fused-ring (bicyclic) bond motifs is 1. The van der Waals surface area contributed by atoms with Crippen LogP contribution in [-0.2, 0) is 4.79 Å². The highest BCUT2D eigenvalue weighted by atomic mass is 16.5. The third kappa shape index (κ3) is 4.57. The molecule has 1 amide bonds. The van der Waals surface area contributed by atoms with Gasteiger partial charge in [-0.2, -0.15) is 0 Å². The second-order valence-electron chi connectivity index (χ2n) is 8.73. The third-order valence-corrected chi connectivity index (χ3v) is 6.37. The molecular formula is C28H28N4O2. The van der Waals surface area contributed by atoms with Crippen molar-refractivity contribution in [3.63, 3.8) is 0 Å². The molecule has 172 valence electrons. The van der Waals surface area contributed by atoms with Crippen LogP contribution in [0.25, 0.3) is 22.0 Å². The van der Waals surface area contributed by atoms with Crippen LogP contribution in [0.1, 0.15) is 11.1 Å². The van der Waals surface area contributed by atoms with Crippen LogP contribution in [0.15, 0.2) is 72.8 Å². The third-order valence-electron chi connectivity index (χ3n) is 6.37. The molecule has 0 saturated carbocycles. The molecule has 1 aromatic heterocycles. The number of carbonyl (C=O) groups is 1. The summed E-state index contributed by atoms with van der Waals surface area (Å²) in [5.41, 5.74) is 4.09. The molecule has 1 saturated heterocycles. The van der Waals surface area contributed by atoms with E-state index in [4.69, 9.17) is 4.74 Å². The maximum atomic E-state index is 12.7. The number of hydrogen-bond acceptors (Lipinski definition) is 5. The minimum Gasteiger partial charge on any atom is -0.483 e. The summed E-state index contributed by atoms with van der Waals surface area (Å²) >= 11 is 0. The summed E-state index contributed by atoms with van der Waals surface area (Å²) < 4.78 is 5.80. The summed E-state index contributed by atoms with van der Waals surface area (Å²) in [5.74, 6) is 1.62. The van der Waals surface area contributed by atoms with E-state index in [9.17, 15) is 4.79 Å². The Balaban J connectivity index is 1.19. The van der Waals surface area contributed by atoms with Gasteiger partial charge in [-0.1, -0.05) is 54.6 Å². The molecule has 6 heteroatoms. The number of anilines is 1. The quantitative estimate of drug-likeness (QED) is 0.442. The number of nitrogens with zero attached hydrogens (tertiary/aromatic N) is 4. The number of piperazine rings is 1. The van der Waals surface area contributed by atoms with Gasteiger partial charge in [-0.25, -0.2) is 0 Å². The molecule has 0 atom stereocenters. The normalized spacial score (nSPS) is 13.8. The average molecular weight is 453 g/mol. The Morgan fingerprint density at radius 1 is 0.882 bits per heavy atom. The van der Waals surface area contributed by atoms with Crippen molar-refractivity contribution >= 4 is 22.5 Å². The number of rotatable bonds is 5. The molecule has 0 bridgehead atoms. The Morgan fingerprint density at radius 3 is 2.47 bits per heavy atom. The van der Waals surface area contributed by atoms with Gasteiger partial charge >= 0.3 is 0 Å². The van der Waals surface area contributed by atoms with E-state index in [1.54, 1.807) is 0 Å². The zero-order valence-electron chi connectivity index (χ0n) is 19.6. The molecule has 2 heterocycles. The highest BCUT2D eigenvalue weighted by Gasteiger charge is 2.22. The van der Waals surface area contributed by atoms with E-state index >= 15 is 0 Å². The van der Waals surface area contributed by atoms with Crippen molar-refractivity contribution in [2.45, 2.75) is 13.8 Å². The SMILES string of the molecule is Cc1ccc(C)c(OCC(=O)N2CCN(c3ccc(-c4cccc5ccccc45)nn3)CC2)c1. The summed E-state index contributed by atoms with van der Waals surface area (Å²) in [6.07, 6.45) is 0. The van der Waals surface area contributed by atoms with Gasteiger partial charge in [0.15, 0.2) is 12.4 Å². The highest BCUT2D eigenvalue weighted by Crippen LogP contribution is 2.27. The van der Waals surface area contributed by atoms with Gasteiger partial charge in [-0.05, 0) is 53.9 Å². The number of amides is 1. The van der Waals surface area contributed by atoms with Crippen LogP contribution in [0.4, 0.5) is 5.82 Å². The Labute approximate surface area is 199 Å². The summed E-state index contributed by atoms with van der Waals surface area (Å²) in [6.45, 7) is 6.79. The lowest BCUT2D eigenvalue weighted by Crippen LogP contribution is -2.50. The van der Waals surface area contributed by atoms with Gasteiger partial charge in [0.1, 0.15) is 5.75 Å². The van der Waals surface area contributed by atoms with Crippen LogP contribution in [0.3, 0.4) is 0 Å². The van der Waals surface area contributed by atoms with Gasteiger partial charge < -0.3 is 14.5 Å². The summed E-state index contributed by atoms with van der Waals surface area (Å²) in [4.78, 5) is 16.7. The molecule has 0 aliphatic carbocycles. The van der Waals surface area contributed by atoms with Crippen molar-refractivity contribution in [1.29, 1.82) is 0 Å². The van der Waals surface area contributed by atoms with E-state index in [2.05, 4.69) is 39.4 Å². The maximum absolute atomic E-state index is 12.7. The van der Waals surface area contributed by atoms with E-state index < -0.39 is 0 Å². The predicted octanol–water partition coefficient (Wildman–Crippen LogP) is 4.64. The summed E-state index contributed by atoms with van der Waals surface area (Å²) in [7, 11) is 0. The van der Waals surface area contributed by atoms with Crippen molar-refractivity contribution < 1.29 is 9.53 Å². The Bertz CT molecular complexity index is 1310. The molecule has 1 aliphatic rings. The predicted molar refractivity (Wildman–Crippen MR) is 135 cm³/mol. The molecule has 1 aliphatic heterocycles. The molecule has 4 aromatic rings. The first-order chi connectivity index (χ1) is 16.6. The lowest BCUT2D eigenvalue weighted by Gasteiger charge is -2.35. The van der Waals surface area contributed by atoms with Crippen LogP contribution in [0.2, 0.25) is 0 Å². The topological polar surface area (TPSA) is 58.6 Å². The van der Waals surface area contributed by atoms with Crippen molar-refractivity contribution in [3.8, 4) is 17.0 Å². The number of carbonyl (C=O) groups excluding carboxylic acids is 1. The van der Waals surface area contributed by atoms with Crippen molar-refractivity contribution in [2.24, 2.45) is 0 Å². The van der Waals surface area contributed by atoms with Crippen LogP contribution < -0.4 is 9.64 Å². The Hall–Kier alpha value is -3.93. The minimum atomic E-state index is 0.0120. The zero-order chi connectivity index (χ0) is 23.5. The van der Waals surface area contributed by atoms with Crippen molar-refractivity contribution in [2.75, 3.05) is 37.7 Å². The molecular weight excluding hydrogens is 424 g/mol. The second-order valence-corrected chi connectivity index (χ2v) is 8.73. The smallest absolute Gasteiger partial charge is 0.260 e. The fraction of sp³-hybridized carbons (Fsp3) is 0.250. The number of aromatic nitrogens is 2. The van der Waals surface area contributed by atoms with Crippen molar-refractivity contribution in [1.82, 2.24) is 15.1 Å². The van der Waals surface area contributed by atoms with Crippen LogP contribution >= 0.6 is 0 Å². The van der Waals surface area contributed by atoms with E-state index in [-0.39, 0.29) is 12.5 Å². The first-order valence-corrected chi connectivity index (χ1v) is 11.6. The number of hydrogen-bond donors (Lipinski definition) is 0. The molecule has 3 aromatic carbocycles. The van der Waals surface area contributed by atoms with Gasteiger partial charge in [-0.3, -0.25) is 4.79 Å². The molecule has 0 unspecified atom stereocenters. The minimum absolute atomic E-state index is 0.0120. The molecule has 0 N–H and O–H groups in total. The largest absolute Gasteiger partial charge is 0.483 e. The standard InChI is InChI=1S/C28H28N4O2/c1-20-10-11-21(2)26(18-20)34-19-28(33)32-16-14-31(15-17-32)27-13-12-25(29-30-27)24-9-5-7-22-6-3-4-8-23(22)24/h3-13,18H,14-17,19H2,1-2H3. The summed E-state index contributed by atoms with van der Waals surface area (Å²) in [5, 5.41) is 11.4. The molecule has 6 nitrogen and oxygen atoms in total. The average Bonchev–Trinajstić information content (AvgIpc) is 2.89. The Kier molecular flexibility index (Phi) is 6.12. The van der Waals surface area contributed by atoms with Gasteiger partial charge in [0, 0.05) is 31.7 Å². The Morgan fingerprint density at radius 2 is 1.68 bits per heavy atom. The monoisotopic (exact) mass is 452 g/mol. The van der Waals surface area contributed by atoms with Gasteiger partial charge in [0.2, 0.25) is 0 Å². The lowest BCUT2D eigenvalue weighted by atomic mass is 10.0. The number of aryl methyl sites for hydroxylation is 2. The summed E-state index contributed by atoms with van der Waals surface area (Å²) in [6, 6.07) is 24.6. The van der Waals surface area contributed by atoms with E-state index in [1.807, 2.05) is 67.3 Å². The number of benzene rings is 3. The number of ether oxygens (including phenoxy) is 1. The first-order valence-electron chi connectivity index (χ1n) is 11.6. The fourth-order valence-corrected chi connectivity index (χ4v) is 4.36. The lowest BCUT2D eigenvalue weighted by molar-refractivity contribution is -0.133. The highest BCUT2D eigenvalue weighted by molar-refractivity contribution is 5.95. The van der Waals surface area contributed by atoms with E-state index in [0.29, 0.717) is 13.1 Å². The van der Waals surface area contributed by atoms with Crippen LogP contribution in [0.5, 0.6) is 5.75 Å². The van der Waals surface area contributed by atoms with Crippen molar-refractivity contribution in [3.05, 3.63) is 83.9 Å². The fourth-order valence-electron chi connectivity index (χ4n) is 4.36. The van der Waals surface area contributed by atoms with E-state index in [1.165, 1.54) is 10.8 Å². The van der Waals surface area contributed by atoms with E-state index in [0.717, 1.165) is 47.0 Å². The first kappa shape index (κ1) is 21.9. The van der Waals surface area contributed by atoms with Gasteiger partial charge in [0.25, 0.3) is 5.91 Å². The second kappa shape index (κ2) is 9.51. The maximum Gasteiger partial charge on any atom is 0.260 e.